The normalized spacial score (nSPS) is 9.40. The van der Waals surface area contributed by atoms with Crippen molar-refractivity contribution in [1.29, 1.82) is 0 Å². The summed E-state index contributed by atoms with van der Waals surface area (Å²) in [6.07, 6.45) is 0. The largest absolute Gasteiger partial charge is 1.00 e. The van der Waals surface area contributed by atoms with Gasteiger partial charge in [-0.05, 0) is 5.56 Å². The molecule has 0 fully saturated rings. The Bertz CT molecular complexity index is 262. The van der Waals surface area contributed by atoms with E-state index in [0.29, 0.717) is 0 Å². The van der Waals surface area contributed by atoms with Crippen LogP contribution >= 0.6 is 0 Å². The summed E-state index contributed by atoms with van der Waals surface area (Å²) in [5, 5.41) is 10.2. The van der Waals surface area contributed by atoms with E-state index in [2.05, 4.69) is 0 Å². The molecule has 0 aliphatic carbocycles. The summed E-state index contributed by atoms with van der Waals surface area (Å²) in [4.78, 5) is 10.2. The van der Waals surface area contributed by atoms with Crippen molar-refractivity contribution in [2.45, 2.75) is 0 Å². The van der Waals surface area contributed by atoms with Crippen LogP contribution in [0.5, 0.6) is 0 Å². The first kappa shape index (κ1) is 7.40. The minimum absolute atomic E-state index is 0. The Labute approximate surface area is 72.5 Å². The van der Waals surface area contributed by atoms with Gasteiger partial charge in [0.05, 0.1) is 7.34 Å². The predicted octanol–water partition coefficient (Wildman–Crippen LogP) is -2.95. The van der Waals surface area contributed by atoms with E-state index in [9.17, 15) is 9.90 Å². The van der Waals surface area contributed by atoms with E-state index < -0.39 is 5.97 Å². The van der Waals surface area contributed by atoms with Crippen molar-refractivity contribution in [1.82, 2.24) is 0 Å². The Morgan fingerprint density at radius 2 is 2.20 bits per heavy atom. The zero-order valence-electron chi connectivity index (χ0n) is 6.63. The van der Waals surface area contributed by atoms with Crippen molar-refractivity contribution in [3.63, 3.8) is 0 Å². The molecule has 1 aromatic carbocycles. The summed E-state index contributed by atoms with van der Waals surface area (Å²) in [5.74, 6) is -1.30. The van der Waals surface area contributed by atoms with Crippen LogP contribution in [-0.2, 0) is 0 Å². The molecule has 46 valence electrons. The van der Waals surface area contributed by atoms with Crippen molar-refractivity contribution in [2.24, 2.45) is 0 Å². The molecule has 0 aliphatic rings. The number of hydrogen-bond donors (Lipinski definition) is 0. The Balaban J connectivity index is 0.000001000. The zero-order chi connectivity index (χ0) is 7.56. The fraction of sp³-hybridized carbons (Fsp3) is 0. The topological polar surface area (TPSA) is 40.1 Å². The number of carbonyl (C=O) groups is 1. The monoisotopic (exact) mass is 129 g/mol. The van der Waals surface area contributed by atoms with Crippen LogP contribution in [0.4, 0.5) is 0 Å². The van der Waals surface area contributed by atoms with E-state index in [1.54, 1.807) is 12.1 Å². The van der Waals surface area contributed by atoms with Crippen molar-refractivity contribution >= 4 is 5.97 Å². The van der Waals surface area contributed by atoms with Crippen LogP contribution in [0.25, 0.3) is 0 Å². The van der Waals surface area contributed by atoms with Crippen LogP contribution in [0.2, 0.25) is 0 Å². The maximum atomic E-state index is 10.2. The van der Waals surface area contributed by atoms with Crippen LogP contribution in [-0.4, -0.2) is 5.97 Å². The van der Waals surface area contributed by atoms with Crippen LogP contribution in [0.15, 0.2) is 30.3 Å². The number of hydrogen-bond acceptors (Lipinski definition) is 2. The van der Waals surface area contributed by atoms with Gasteiger partial charge in [-0.1, -0.05) is 30.3 Å². The van der Waals surface area contributed by atoms with Crippen LogP contribution in [0, 0.1) is 0 Å². The predicted molar refractivity (Wildman–Crippen MR) is 30.8 cm³/mol. The minimum Gasteiger partial charge on any atom is -0.545 e. The zero-order valence-corrected chi connectivity index (χ0v) is 5.63. The van der Waals surface area contributed by atoms with E-state index in [4.69, 9.17) is 1.37 Å². The molecule has 10 heavy (non-hydrogen) atoms. The fourth-order valence-corrected chi connectivity index (χ4v) is 0.520. The third-order valence-corrected chi connectivity index (χ3v) is 0.929. The van der Waals surface area contributed by atoms with Gasteiger partial charge >= 0.3 is 18.9 Å². The third-order valence-electron chi connectivity index (χ3n) is 0.929. The number of benzene rings is 1. The average molecular weight is 129 g/mol. The molecule has 0 heterocycles. The molecule has 1 aromatic rings. The van der Waals surface area contributed by atoms with Crippen LogP contribution in [0.1, 0.15) is 11.7 Å². The van der Waals surface area contributed by atoms with Gasteiger partial charge in [0.25, 0.3) is 0 Å². The fourth-order valence-electron chi connectivity index (χ4n) is 0.520. The van der Waals surface area contributed by atoms with Gasteiger partial charge in [-0.15, -0.1) is 0 Å². The number of rotatable bonds is 1. The van der Waals surface area contributed by atoms with Crippen LogP contribution < -0.4 is 24.0 Å². The SMILES string of the molecule is [2H]c1ccccc1C(=O)[O-].[Li+]. The first-order chi connectivity index (χ1) is 4.72. The summed E-state index contributed by atoms with van der Waals surface area (Å²) >= 11 is 0. The molecular weight excluding hydrogens is 123 g/mol. The molecular formula is C7H5LiO2. The molecule has 0 atom stereocenters. The molecule has 0 bridgehead atoms. The van der Waals surface area contributed by atoms with Crippen molar-refractivity contribution in [3.05, 3.63) is 35.9 Å². The number of carbonyl (C=O) groups excluding carboxylic acids is 1. The van der Waals surface area contributed by atoms with Gasteiger partial charge in [-0.25, -0.2) is 0 Å². The molecule has 3 heteroatoms. The molecule has 0 aromatic heterocycles. The Hall–Kier alpha value is -0.713. The summed E-state index contributed by atoms with van der Waals surface area (Å²) < 4.78 is 7.08. The Morgan fingerprint density at radius 1 is 1.50 bits per heavy atom. The Kier molecular flexibility index (Phi) is 3.08. The molecule has 0 aliphatic heterocycles. The van der Waals surface area contributed by atoms with E-state index >= 15 is 0 Å². The van der Waals surface area contributed by atoms with Crippen LogP contribution in [0.3, 0.4) is 0 Å². The maximum absolute atomic E-state index is 10.2. The van der Waals surface area contributed by atoms with E-state index in [0.717, 1.165) is 0 Å². The molecule has 1 rings (SSSR count). The van der Waals surface area contributed by atoms with Gasteiger partial charge in [0, 0.05) is 0 Å². The average Bonchev–Trinajstić information content (AvgIpc) is 1.88. The molecule has 0 spiro atoms. The summed E-state index contributed by atoms with van der Waals surface area (Å²) in [6, 6.07) is 5.91. The first-order valence-corrected chi connectivity index (χ1v) is 2.49. The molecule has 0 radical (unpaired) electrons. The van der Waals surface area contributed by atoms with Gasteiger partial charge in [-0.2, -0.15) is 0 Å². The number of carboxylic acids is 1. The van der Waals surface area contributed by atoms with Gasteiger partial charge in [0.2, 0.25) is 0 Å². The molecule has 2 nitrogen and oxygen atoms in total. The summed E-state index contributed by atoms with van der Waals surface area (Å²) in [5.41, 5.74) is -0.0671. The van der Waals surface area contributed by atoms with E-state index in [1.165, 1.54) is 12.1 Å². The van der Waals surface area contributed by atoms with E-state index in [-0.39, 0.29) is 30.5 Å². The maximum Gasteiger partial charge on any atom is 1.00 e. The molecule has 0 amide bonds. The number of carboxylic acid groups (broad SMARTS) is 1. The molecule has 0 saturated carbocycles. The molecule has 0 unspecified atom stereocenters. The first-order valence-electron chi connectivity index (χ1n) is 2.99. The third kappa shape index (κ3) is 2.26. The minimum atomic E-state index is -1.30. The second-order valence-electron chi connectivity index (χ2n) is 1.56. The standard InChI is InChI=1S/C7H6O2.Li/c8-7(9)6-4-2-1-3-5-6;/h1-5H,(H,8,9);/q;+1/p-1/i4D;. The van der Waals surface area contributed by atoms with Gasteiger partial charge in [0.1, 0.15) is 0 Å². The van der Waals surface area contributed by atoms with Gasteiger partial charge in [0.15, 0.2) is 0 Å². The van der Waals surface area contributed by atoms with Crippen molar-refractivity contribution in [3.8, 4) is 0 Å². The number of aromatic carboxylic acids is 1. The quantitative estimate of drug-likeness (QED) is 0.380. The van der Waals surface area contributed by atoms with Gasteiger partial charge < -0.3 is 9.90 Å². The van der Waals surface area contributed by atoms with Gasteiger partial charge in [-0.3, -0.25) is 0 Å². The Morgan fingerprint density at radius 3 is 2.60 bits per heavy atom. The van der Waals surface area contributed by atoms with Crippen molar-refractivity contribution in [2.75, 3.05) is 0 Å². The second-order valence-corrected chi connectivity index (χ2v) is 1.56. The van der Waals surface area contributed by atoms with Crippen molar-refractivity contribution < 1.29 is 30.1 Å². The van der Waals surface area contributed by atoms with E-state index in [1.807, 2.05) is 0 Å². The smallest absolute Gasteiger partial charge is 0.545 e. The molecule has 0 N–H and O–H groups in total. The molecule has 0 saturated heterocycles. The summed E-state index contributed by atoms with van der Waals surface area (Å²) in [7, 11) is 0. The second kappa shape index (κ2) is 4.16. The summed E-state index contributed by atoms with van der Waals surface area (Å²) in [6.45, 7) is 0.